The van der Waals surface area contributed by atoms with Crippen LogP contribution in [-0.2, 0) is 4.74 Å². The third-order valence-corrected chi connectivity index (χ3v) is 6.23. The fourth-order valence-electron chi connectivity index (χ4n) is 3.19. The first-order valence-electron chi connectivity index (χ1n) is 9.00. The summed E-state index contributed by atoms with van der Waals surface area (Å²) in [7, 11) is 1.69. The van der Waals surface area contributed by atoms with Crippen molar-refractivity contribution in [3.8, 4) is 16.5 Å². The van der Waals surface area contributed by atoms with Crippen LogP contribution in [0.25, 0.3) is 10.7 Å². The molecule has 4 rings (SSSR count). The van der Waals surface area contributed by atoms with Crippen LogP contribution in [-0.4, -0.2) is 52.0 Å². The second-order valence-corrected chi connectivity index (χ2v) is 8.44. The van der Waals surface area contributed by atoms with Gasteiger partial charge in [-0.15, -0.1) is 10.2 Å². The predicted molar refractivity (Wildman–Crippen MR) is 114 cm³/mol. The average Bonchev–Trinajstić information content (AvgIpc) is 3.36. The summed E-state index contributed by atoms with van der Waals surface area (Å²) in [6, 6.07) is 9.01. The molecule has 29 heavy (non-hydrogen) atoms. The van der Waals surface area contributed by atoms with Gasteiger partial charge in [-0.25, -0.2) is 4.98 Å². The molecule has 0 bridgehead atoms. The van der Waals surface area contributed by atoms with Crippen molar-refractivity contribution in [2.75, 3.05) is 31.7 Å². The largest absolute Gasteiger partial charge is 0.489 e. The first-order chi connectivity index (χ1) is 14.0. The zero-order valence-corrected chi connectivity index (χ0v) is 18.3. The minimum Gasteiger partial charge on any atom is -0.489 e. The van der Waals surface area contributed by atoms with Gasteiger partial charge >= 0.3 is 0 Å². The molecule has 1 fully saturated rings. The number of methoxy groups -OCH3 is 1. The molecule has 0 aliphatic carbocycles. The van der Waals surface area contributed by atoms with Crippen molar-refractivity contribution in [1.29, 1.82) is 0 Å². The lowest BCUT2D eigenvalue weighted by Crippen LogP contribution is -2.41. The topological polar surface area (TPSA) is 73.3 Å². The Balaban J connectivity index is 1.44. The zero-order chi connectivity index (χ0) is 20.4. The molecule has 1 aromatic carbocycles. The van der Waals surface area contributed by atoms with Gasteiger partial charge in [0.2, 0.25) is 0 Å². The summed E-state index contributed by atoms with van der Waals surface area (Å²) in [6.07, 6.45) is 0.792. The van der Waals surface area contributed by atoms with E-state index < -0.39 is 5.60 Å². The Kier molecular flexibility index (Phi) is 5.87. The van der Waals surface area contributed by atoms with Gasteiger partial charge in [-0.3, -0.25) is 0 Å². The van der Waals surface area contributed by atoms with Crippen molar-refractivity contribution in [1.82, 2.24) is 19.6 Å². The number of aryl methyl sites for hydroxylation is 1. The number of hydrogen-bond acceptors (Lipinski definition) is 8. The van der Waals surface area contributed by atoms with Crippen LogP contribution in [0.15, 0.2) is 30.3 Å². The van der Waals surface area contributed by atoms with Crippen LogP contribution in [0.5, 0.6) is 5.75 Å². The third kappa shape index (κ3) is 4.45. The molecule has 152 valence electrons. The van der Waals surface area contributed by atoms with Crippen LogP contribution in [0.3, 0.4) is 0 Å². The molecule has 1 aliphatic heterocycles. The zero-order valence-electron chi connectivity index (χ0n) is 15.9. The van der Waals surface area contributed by atoms with Crippen molar-refractivity contribution in [3.05, 3.63) is 46.2 Å². The first kappa shape index (κ1) is 20.3. The van der Waals surface area contributed by atoms with E-state index in [9.17, 15) is 0 Å². The van der Waals surface area contributed by atoms with E-state index in [1.807, 2.05) is 19.1 Å². The van der Waals surface area contributed by atoms with Crippen LogP contribution in [0.4, 0.5) is 5.82 Å². The minimum atomic E-state index is -0.470. The molecule has 1 unspecified atom stereocenters. The highest BCUT2D eigenvalue weighted by atomic mass is 35.5. The van der Waals surface area contributed by atoms with Gasteiger partial charge < -0.3 is 14.4 Å². The molecule has 3 aromatic rings. The number of benzene rings is 1. The van der Waals surface area contributed by atoms with Crippen molar-refractivity contribution >= 4 is 40.6 Å². The molecular weight excluding hydrogens is 433 g/mol. The van der Waals surface area contributed by atoms with Crippen LogP contribution in [0, 0.1) is 6.92 Å². The first-order valence-corrected chi connectivity index (χ1v) is 10.5. The van der Waals surface area contributed by atoms with Gasteiger partial charge in [0.15, 0.2) is 10.8 Å². The molecule has 1 aliphatic rings. The number of anilines is 1. The van der Waals surface area contributed by atoms with Gasteiger partial charge in [-0.05, 0) is 49.1 Å². The maximum Gasteiger partial charge on any atom is 0.164 e. The molecule has 2 aromatic heterocycles. The summed E-state index contributed by atoms with van der Waals surface area (Å²) in [5.41, 5.74) is 0.248. The van der Waals surface area contributed by atoms with E-state index in [0.29, 0.717) is 28.9 Å². The number of ether oxygens (including phenoxy) is 2. The Hall–Kier alpha value is -2.00. The number of aromatic nitrogens is 4. The Bertz CT molecular complexity index is 1000. The summed E-state index contributed by atoms with van der Waals surface area (Å²) in [5.74, 6) is 2.07. The smallest absolute Gasteiger partial charge is 0.164 e. The fraction of sp³-hybridized carbons (Fsp3) is 0.368. The van der Waals surface area contributed by atoms with Crippen LogP contribution < -0.4 is 9.64 Å². The lowest BCUT2D eigenvalue weighted by Gasteiger charge is -2.28. The van der Waals surface area contributed by atoms with E-state index in [-0.39, 0.29) is 0 Å². The number of halogens is 2. The molecular formula is C19H19Cl2N5O2S. The van der Waals surface area contributed by atoms with Gasteiger partial charge in [0, 0.05) is 24.7 Å². The summed E-state index contributed by atoms with van der Waals surface area (Å²) in [4.78, 5) is 6.48. The van der Waals surface area contributed by atoms with E-state index in [1.54, 1.807) is 25.3 Å². The Labute approximate surface area is 182 Å². The highest BCUT2D eigenvalue weighted by molar-refractivity contribution is 7.09. The number of hydrogen-bond donors (Lipinski definition) is 0. The van der Waals surface area contributed by atoms with E-state index in [1.165, 1.54) is 11.5 Å². The Morgan fingerprint density at radius 2 is 2.07 bits per heavy atom. The van der Waals surface area contributed by atoms with Crippen molar-refractivity contribution in [3.63, 3.8) is 0 Å². The van der Waals surface area contributed by atoms with Crippen molar-refractivity contribution in [2.24, 2.45) is 0 Å². The standard InChI is InChI=1S/C19H19Cl2N5O2S/c1-12-22-18(29-25-12)15-5-6-17(24-23-15)26-8-7-19(10-26,27-2)11-28-16-9-13(20)3-4-14(16)21/h3-6,9H,7-8,10-11H2,1-2H3. The normalized spacial score (nSPS) is 19.0. The summed E-state index contributed by atoms with van der Waals surface area (Å²) < 4.78 is 16.0. The molecule has 1 atom stereocenters. The van der Waals surface area contributed by atoms with Gasteiger partial charge in [-0.2, -0.15) is 4.37 Å². The summed E-state index contributed by atoms with van der Waals surface area (Å²) >= 11 is 13.6. The quantitative estimate of drug-likeness (QED) is 0.553. The molecule has 0 spiro atoms. The van der Waals surface area contributed by atoms with Gasteiger partial charge in [0.1, 0.15) is 29.5 Å². The van der Waals surface area contributed by atoms with E-state index >= 15 is 0 Å². The van der Waals surface area contributed by atoms with Crippen LogP contribution >= 0.6 is 34.7 Å². The van der Waals surface area contributed by atoms with E-state index in [0.717, 1.165) is 35.3 Å². The molecule has 3 heterocycles. The monoisotopic (exact) mass is 451 g/mol. The van der Waals surface area contributed by atoms with E-state index in [2.05, 4.69) is 24.5 Å². The maximum absolute atomic E-state index is 6.20. The van der Waals surface area contributed by atoms with Gasteiger partial charge in [-0.1, -0.05) is 23.2 Å². The maximum atomic E-state index is 6.20. The van der Waals surface area contributed by atoms with Gasteiger partial charge in [0.05, 0.1) is 11.6 Å². The van der Waals surface area contributed by atoms with Gasteiger partial charge in [0.25, 0.3) is 0 Å². The second kappa shape index (κ2) is 8.39. The number of nitrogens with zero attached hydrogens (tertiary/aromatic N) is 5. The Morgan fingerprint density at radius 1 is 1.21 bits per heavy atom. The summed E-state index contributed by atoms with van der Waals surface area (Å²) in [5, 5.41) is 10.5. The third-order valence-electron chi connectivity index (χ3n) is 4.85. The highest BCUT2D eigenvalue weighted by Crippen LogP contribution is 2.32. The lowest BCUT2D eigenvalue weighted by atomic mass is 10.0. The molecule has 0 N–H and O–H groups in total. The van der Waals surface area contributed by atoms with E-state index in [4.69, 9.17) is 32.7 Å². The molecule has 0 radical (unpaired) electrons. The highest BCUT2D eigenvalue weighted by Gasteiger charge is 2.40. The number of rotatable bonds is 6. The minimum absolute atomic E-state index is 0.357. The molecule has 0 amide bonds. The summed E-state index contributed by atoms with van der Waals surface area (Å²) in [6.45, 7) is 3.63. The predicted octanol–water partition coefficient (Wildman–Crippen LogP) is 4.28. The van der Waals surface area contributed by atoms with Crippen molar-refractivity contribution in [2.45, 2.75) is 18.9 Å². The fourth-order valence-corrected chi connectivity index (χ4v) is 4.16. The molecule has 7 nitrogen and oxygen atoms in total. The SMILES string of the molecule is COC1(COc2cc(Cl)ccc2Cl)CCN(c2ccc(-c3nc(C)ns3)nn2)C1. The molecule has 0 saturated carbocycles. The lowest BCUT2D eigenvalue weighted by molar-refractivity contribution is -0.0269. The molecule has 10 heteroatoms. The van der Waals surface area contributed by atoms with Crippen LogP contribution in [0.1, 0.15) is 12.2 Å². The second-order valence-electron chi connectivity index (χ2n) is 6.85. The Morgan fingerprint density at radius 3 is 2.76 bits per heavy atom. The van der Waals surface area contributed by atoms with Crippen LogP contribution in [0.2, 0.25) is 10.0 Å². The molecule has 1 saturated heterocycles. The average molecular weight is 452 g/mol. The van der Waals surface area contributed by atoms with Crippen molar-refractivity contribution < 1.29 is 9.47 Å².